The zero-order valence-corrected chi connectivity index (χ0v) is 9.19. The number of nitriles is 1. The summed E-state index contributed by atoms with van der Waals surface area (Å²) in [6.07, 6.45) is 4.00. The van der Waals surface area contributed by atoms with E-state index in [1.165, 1.54) is 19.3 Å². The molecule has 1 heterocycles. The molecule has 82 valence electrons. The van der Waals surface area contributed by atoms with Crippen molar-refractivity contribution < 1.29 is 0 Å². The number of benzene rings is 1. The highest BCUT2D eigenvalue weighted by atomic mass is 15.2. The Hall–Kier alpha value is -1.69. The molecule has 1 saturated heterocycles. The minimum absolute atomic E-state index is 0.579. The molecule has 0 amide bonds. The predicted octanol–water partition coefficient (Wildman–Crippen LogP) is 2.13. The van der Waals surface area contributed by atoms with Gasteiger partial charge in [-0.1, -0.05) is 0 Å². The molecule has 1 aliphatic heterocycles. The number of hydrogen-bond acceptors (Lipinski definition) is 3. The van der Waals surface area contributed by atoms with Gasteiger partial charge in [-0.15, -0.1) is 0 Å². The summed E-state index contributed by atoms with van der Waals surface area (Å²) in [4.78, 5) is 2.44. The number of hydrogen-bond donors (Lipinski definition) is 1. The Morgan fingerprint density at radius 2 is 2.25 bits per heavy atom. The van der Waals surface area contributed by atoms with Crippen LogP contribution >= 0.6 is 0 Å². The van der Waals surface area contributed by atoms with Gasteiger partial charge in [-0.05, 0) is 43.4 Å². The summed E-state index contributed by atoms with van der Waals surface area (Å²) in [6.45, 7) is 1.15. The second-order valence-electron chi connectivity index (χ2n) is 4.87. The number of anilines is 2. The van der Waals surface area contributed by atoms with Crippen molar-refractivity contribution in [3.8, 4) is 6.07 Å². The average Bonchev–Trinajstić information content (AvgIpc) is 2.91. The first-order chi connectivity index (χ1) is 7.78. The molecule has 3 rings (SSSR count). The summed E-state index contributed by atoms with van der Waals surface area (Å²) < 4.78 is 0. The van der Waals surface area contributed by atoms with Crippen LogP contribution in [0.15, 0.2) is 18.2 Å². The molecule has 2 bridgehead atoms. The van der Waals surface area contributed by atoms with E-state index in [9.17, 15) is 0 Å². The monoisotopic (exact) mass is 213 g/mol. The predicted molar refractivity (Wildman–Crippen MR) is 64.0 cm³/mol. The Kier molecular flexibility index (Phi) is 2.03. The van der Waals surface area contributed by atoms with E-state index in [0.717, 1.165) is 18.2 Å². The van der Waals surface area contributed by atoms with Crippen molar-refractivity contribution in [3.63, 3.8) is 0 Å². The molecule has 3 heteroatoms. The van der Waals surface area contributed by atoms with Gasteiger partial charge in [0.25, 0.3) is 0 Å². The fourth-order valence-electron chi connectivity index (χ4n) is 3.06. The summed E-state index contributed by atoms with van der Waals surface area (Å²) in [5.41, 5.74) is 8.08. The minimum atomic E-state index is 0.579. The Balaban J connectivity index is 1.93. The van der Waals surface area contributed by atoms with Crippen LogP contribution in [0.5, 0.6) is 0 Å². The Bertz CT molecular complexity index is 461. The molecule has 1 saturated carbocycles. The summed E-state index contributed by atoms with van der Waals surface area (Å²) in [5, 5.41) is 8.97. The molecule has 2 atom stereocenters. The number of nitrogens with zero attached hydrogens (tertiary/aromatic N) is 2. The fourth-order valence-corrected chi connectivity index (χ4v) is 3.06. The van der Waals surface area contributed by atoms with E-state index in [0.29, 0.717) is 17.3 Å². The molecule has 1 aromatic rings. The van der Waals surface area contributed by atoms with E-state index < -0.39 is 0 Å². The first kappa shape index (κ1) is 9.53. The van der Waals surface area contributed by atoms with Crippen molar-refractivity contribution in [2.75, 3.05) is 17.2 Å². The van der Waals surface area contributed by atoms with Crippen LogP contribution in [0.2, 0.25) is 0 Å². The molecule has 2 N–H and O–H groups in total. The molecule has 0 radical (unpaired) electrons. The number of piperidine rings is 1. The smallest absolute Gasteiger partial charge is 0.101 e. The van der Waals surface area contributed by atoms with Crippen LogP contribution in [0.3, 0.4) is 0 Å². The highest BCUT2D eigenvalue weighted by molar-refractivity contribution is 5.63. The van der Waals surface area contributed by atoms with E-state index in [2.05, 4.69) is 11.0 Å². The lowest BCUT2D eigenvalue weighted by Crippen LogP contribution is -2.31. The highest BCUT2D eigenvalue weighted by Crippen LogP contribution is 2.40. The van der Waals surface area contributed by atoms with Crippen LogP contribution in [-0.4, -0.2) is 12.6 Å². The van der Waals surface area contributed by atoms with Crippen molar-refractivity contribution in [3.05, 3.63) is 23.8 Å². The first-order valence-electron chi connectivity index (χ1n) is 5.84. The van der Waals surface area contributed by atoms with E-state index in [1.807, 2.05) is 18.2 Å². The van der Waals surface area contributed by atoms with Gasteiger partial charge in [0.05, 0.1) is 5.56 Å². The number of rotatable bonds is 1. The second kappa shape index (κ2) is 3.41. The van der Waals surface area contributed by atoms with E-state index in [4.69, 9.17) is 11.0 Å². The number of nitrogen functional groups attached to an aromatic ring is 1. The maximum Gasteiger partial charge on any atom is 0.101 e. The number of nitrogens with two attached hydrogens (primary N) is 1. The molecule has 2 unspecified atom stereocenters. The normalized spacial score (nSPS) is 27.1. The second-order valence-corrected chi connectivity index (χ2v) is 4.87. The van der Waals surface area contributed by atoms with Gasteiger partial charge >= 0.3 is 0 Å². The SMILES string of the molecule is N#Cc1cc(N2CC3CCC2C3)ccc1N. The van der Waals surface area contributed by atoms with E-state index >= 15 is 0 Å². The lowest BCUT2D eigenvalue weighted by molar-refractivity contribution is 0.553. The first-order valence-corrected chi connectivity index (χ1v) is 5.84. The van der Waals surface area contributed by atoms with Gasteiger partial charge in [0.2, 0.25) is 0 Å². The van der Waals surface area contributed by atoms with Crippen LogP contribution in [0, 0.1) is 17.2 Å². The summed E-state index contributed by atoms with van der Waals surface area (Å²) >= 11 is 0. The van der Waals surface area contributed by atoms with Crippen LogP contribution in [0.25, 0.3) is 0 Å². The average molecular weight is 213 g/mol. The maximum atomic E-state index is 8.97. The molecule has 3 nitrogen and oxygen atoms in total. The van der Waals surface area contributed by atoms with Crippen LogP contribution in [0.1, 0.15) is 24.8 Å². The molecule has 16 heavy (non-hydrogen) atoms. The highest BCUT2D eigenvalue weighted by Gasteiger charge is 2.37. The molecule has 0 aromatic heterocycles. The molecule has 0 spiro atoms. The molecule has 1 aliphatic carbocycles. The third kappa shape index (κ3) is 1.34. The maximum absolute atomic E-state index is 8.97. The molecular formula is C13H15N3. The van der Waals surface area contributed by atoms with Gasteiger partial charge in [0, 0.05) is 24.0 Å². The molecule has 1 aromatic carbocycles. The Morgan fingerprint density at radius 3 is 2.88 bits per heavy atom. The van der Waals surface area contributed by atoms with Crippen molar-refractivity contribution in [1.82, 2.24) is 0 Å². The molecule has 2 aliphatic rings. The standard InChI is InChI=1S/C13H15N3/c14-7-10-6-12(3-4-13(10)15)16-8-9-1-2-11(16)5-9/h3-4,6,9,11H,1-2,5,8,15H2. The Labute approximate surface area is 95.5 Å². The van der Waals surface area contributed by atoms with Crippen molar-refractivity contribution in [2.24, 2.45) is 5.92 Å². The Morgan fingerprint density at radius 1 is 1.38 bits per heavy atom. The fraction of sp³-hybridized carbons (Fsp3) is 0.462. The number of fused-ring (bicyclic) bond motifs is 2. The van der Waals surface area contributed by atoms with Crippen molar-refractivity contribution in [2.45, 2.75) is 25.3 Å². The largest absolute Gasteiger partial charge is 0.398 e. The minimum Gasteiger partial charge on any atom is -0.398 e. The van der Waals surface area contributed by atoms with Gasteiger partial charge in [-0.2, -0.15) is 5.26 Å². The van der Waals surface area contributed by atoms with Crippen molar-refractivity contribution in [1.29, 1.82) is 5.26 Å². The van der Waals surface area contributed by atoms with E-state index in [1.54, 1.807) is 0 Å². The van der Waals surface area contributed by atoms with Gasteiger partial charge in [0.15, 0.2) is 0 Å². The lowest BCUT2D eigenvalue weighted by Gasteiger charge is -2.29. The van der Waals surface area contributed by atoms with Gasteiger partial charge in [-0.3, -0.25) is 0 Å². The van der Waals surface area contributed by atoms with Crippen LogP contribution in [-0.2, 0) is 0 Å². The third-order valence-electron chi connectivity index (χ3n) is 3.90. The lowest BCUT2D eigenvalue weighted by atomic mass is 10.1. The van der Waals surface area contributed by atoms with Gasteiger partial charge < -0.3 is 10.6 Å². The zero-order chi connectivity index (χ0) is 11.1. The third-order valence-corrected chi connectivity index (χ3v) is 3.90. The summed E-state index contributed by atoms with van der Waals surface area (Å²) in [7, 11) is 0. The topological polar surface area (TPSA) is 53.0 Å². The van der Waals surface area contributed by atoms with Gasteiger partial charge in [0.1, 0.15) is 6.07 Å². The van der Waals surface area contributed by atoms with Crippen molar-refractivity contribution >= 4 is 11.4 Å². The summed E-state index contributed by atoms with van der Waals surface area (Å²) in [6, 6.07) is 8.66. The molecular weight excluding hydrogens is 198 g/mol. The summed E-state index contributed by atoms with van der Waals surface area (Å²) in [5.74, 6) is 0.869. The van der Waals surface area contributed by atoms with Gasteiger partial charge in [-0.25, -0.2) is 0 Å². The van der Waals surface area contributed by atoms with Crippen LogP contribution < -0.4 is 10.6 Å². The van der Waals surface area contributed by atoms with Crippen LogP contribution in [0.4, 0.5) is 11.4 Å². The van der Waals surface area contributed by atoms with E-state index in [-0.39, 0.29) is 0 Å². The quantitative estimate of drug-likeness (QED) is 0.727. The molecule has 2 fully saturated rings. The zero-order valence-electron chi connectivity index (χ0n) is 9.19.